The van der Waals surface area contributed by atoms with Crippen LogP contribution < -0.4 is 10.6 Å². The van der Waals surface area contributed by atoms with Gasteiger partial charge in [0.15, 0.2) is 5.82 Å². The van der Waals surface area contributed by atoms with Crippen molar-refractivity contribution in [2.75, 3.05) is 10.6 Å². The number of benzene rings is 2. The van der Waals surface area contributed by atoms with Gasteiger partial charge in [-0.2, -0.15) is 18.2 Å². The number of aromatic nitrogens is 3. The molecule has 0 aliphatic carbocycles. The fourth-order valence-electron chi connectivity index (χ4n) is 3.03. The van der Waals surface area contributed by atoms with E-state index in [1.807, 2.05) is 18.2 Å². The minimum atomic E-state index is -4.66. The highest BCUT2D eigenvalue weighted by atomic mass is 35.5. The second-order valence-electron chi connectivity index (χ2n) is 6.52. The van der Waals surface area contributed by atoms with E-state index in [-0.39, 0.29) is 18.1 Å². The van der Waals surface area contributed by atoms with Crippen molar-refractivity contribution in [2.24, 2.45) is 0 Å². The molecule has 1 aliphatic heterocycles. The molecule has 1 aliphatic rings. The van der Waals surface area contributed by atoms with Gasteiger partial charge in [0.2, 0.25) is 11.9 Å². The Morgan fingerprint density at radius 1 is 1.20 bits per heavy atom. The van der Waals surface area contributed by atoms with Crippen LogP contribution in [0.15, 0.2) is 48.5 Å². The summed E-state index contributed by atoms with van der Waals surface area (Å²) in [5.74, 6) is -0.562. The molecule has 154 valence electrons. The lowest BCUT2D eigenvalue weighted by atomic mass is 10.1. The van der Waals surface area contributed by atoms with Gasteiger partial charge in [-0.1, -0.05) is 41.9 Å². The lowest BCUT2D eigenvalue weighted by Crippen LogP contribution is -2.24. The molecule has 0 bridgehead atoms. The van der Waals surface area contributed by atoms with Gasteiger partial charge in [-0.25, -0.2) is 4.68 Å². The van der Waals surface area contributed by atoms with Crippen LogP contribution >= 0.6 is 11.6 Å². The molecule has 0 spiro atoms. The summed E-state index contributed by atoms with van der Waals surface area (Å²) in [5, 5.41) is 8.72. The van der Waals surface area contributed by atoms with Crippen molar-refractivity contribution < 1.29 is 22.8 Å². The Balaban J connectivity index is 1.51. The molecule has 0 fully saturated rings. The molecule has 7 nitrogen and oxygen atoms in total. The van der Waals surface area contributed by atoms with E-state index in [4.69, 9.17) is 11.6 Å². The van der Waals surface area contributed by atoms with E-state index in [9.17, 15) is 22.8 Å². The van der Waals surface area contributed by atoms with Crippen molar-refractivity contribution >= 4 is 35.1 Å². The van der Waals surface area contributed by atoms with Crippen LogP contribution in [0, 0.1) is 0 Å². The molecule has 2 aromatic carbocycles. The Morgan fingerprint density at radius 2 is 1.93 bits per heavy atom. The molecule has 2 heterocycles. The quantitative estimate of drug-likeness (QED) is 0.644. The fourth-order valence-corrected chi connectivity index (χ4v) is 3.25. The first-order chi connectivity index (χ1) is 14.2. The summed E-state index contributed by atoms with van der Waals surface area (Å²) in [4.78, 5) is 28.8. The zero-order chi connectivity index (χ0) is 21.5. The summed E-state index contributed by atoms with van der Waals surface area (Å²) in [6, 6.07) is 11.1. The number of halogens is 4. The van der Waals surface area contributed by atoms with Gasteiger partial charge < -0.3 is 5.32 Å². The van der Waals surface area contributed by atoms with Crippen molar-refractivity contribution in [2.45, 2.75) is 18.6 Å². The largest absolute Gasteiger partial charge is 0.417 e. The van der Waals surface area contributed by atoms with Gasteiger partial charge in [0, 0.05) is 11.3 Å². The van der Waals surface area contributed by atoms with Gasteiger partial charge >= 0.3 is 6.18 Å². The first-order valence-corrected chi connectivity index (χ1v) is 9.09. The first kappa shape index (κ1) is 19.9. The number of hydrogen-bond acceptors (Lipinski definition) is 4. The molecular weight excluding hydrogens is 423 g/mol. The van der Waals surface area contributed by atoms with E-state index in [1.54, 1.807) is 12.1 Å². The molecule has 2 amide bonds. The third-order valence-corrected chi connectivity index (χ3v) is 4.76. The van der Waals surface area contributed by atoms with Crippen molar-refractivity contribution in [1.82, 2.24) is 14.8 Å². The maximum atomic E-state index is 13.0. The minimum absolute atomic E-state index is 0.0843. The van der Waals surface area contributed by atoms with Crippen LogP contribution in [0.2, 0.25) is 5.02 Å². The lowest BCUT2D eigenvalue weighted by Gasteiger charge is -2.13. The zero-order valence-corrected chi connectivity index (χ0v) is 15.8. The van der Waals surface area contributed by atoms with Gasteiger partial charge in [0.1, 0.15) is 6.04 Å². The molecule has 4 rings (SSSR count). The topological polar surface area (TPSA) is 88.9 Å². The second kappa shape index (κ2) is 7.45. The SMILES string of the molecule is O=C(CC1C(=O)Nc2nc(-c3ccccc3)nn21)Nc1ccc(Cl)c(C(F)(F)F)c1. The number of nitrogens with one attached hydrogen (secondary N) is 2. The smallest absolute Gasteiger partial charge is 0.326 e. The number of carbonyl (C=O) groups is 2. The molecule has 3 aromatic rings. The summed E-state index contributed by atoms with van der Waals surface area (Å²) in [6.45, 7) is 0. The highest BCUT2D eigenvalue weighted by Crippen LogP contribution is 2.36. The molecule has 0 saturated heterocycles. The van der Waals surface area contributed by atoms with Crippen LogP contribution in [-0.4, -0.2) is 26.6 Å². The summed E-state index contributed by atoms with van der Waals surface area (Å²) in [5.41, 5.74) is -0.414. The van der Waals surface area contributed by atoms with E-state index in [0.29, 0.717) is 5.82 Å². The molecular formula is C19H13ClF3N5O2. The van der Waals surface area contributed by atoms with Crippen molar-refractivity contribution in [3.8, 4) is 11.4 Å². The lowest BCUT2D eigenvalue weighted by molar-refractivity contribution is -0.137. The molecule has 2 N–H and O–H groups in total. The average Bonchev–Trinajstić information content (AvgIpc) is 3.22. The Kier molecular flexibility index (Phi) is 4.94. The van der Waals surface area contributed by atoms with Crippen LogP contribution in [0.3, 0.4) is 0 Å². The molecule has 1 unspecified atom stereocenters. The highest BCUT2D eigenvalue weighted by molar-refractivity contribution is 6.31. The average molecular weight is 436 g/mol. The van der Waals surface area contributed by atoms with Gasteiger partial charge in [0.25, 0.3) is 5.91 Å². The maximum Gasteiger partial charge on any atom is 0.417 e. The summed E-state index contributed by atoms with van der Waals surface area (Å²) < 4.78 is 40.3. The number of rotatable bonds is 4. The number of fused-ring (bicyclic) bond motifs is 1. The van der Waals surface area contributed by atoms with E-state index in [1.165, 1.54) is 10.7 Å². The summed E-state index contributed by atoms with van der Waals surface area (Å²) in [6.07, 6.45) is -4.99. The highest BCUT2D eigenvalue weighted by Gasteiger charge is 2.36. The second-order valence-corrected chi connectivity index (χ2v) is 6.93. The zero-order valence-electron chi connectivity index (χ0n) is 15.1. The van der Waals surface area contributed by atoms with Crippen LogP contribution in [0.25, 0.3) is 11.4 Å². The predicted molar refractivity (Wildman–Crippen MR) is 103 cm³/mol. The van der Waals surface area contributed by atoms with E-state index < -0.39 is 34.6 Å². The molecule has 0 saturated carbocycles. The molecule has 1 atom stereocenters. The number of carbonyl (C=O) groups excluding carboxylic acids is 2. The number of anilines is 2. The van der Waals surface area contributed by atoms with Crippen molar-refractivity contribution in [3.05, 3.63) is 59.1 Å². The van der Waals surface area contributed by atoms with Gasteiger partial charge in [-0.05, 0) is 18.2 Å². The monoisotopic (exact) mass is 435 g/mol. The standard InChI is InChI=1S/C19H13ClF3N5O2/c20-13-7-6-11(8-12(13)19(21,22)23)24-15(29)9-14-17(30)26-18-25-16(27-28(14)18)10-4-2-1-3-5-10/h1-8,14H,9H2,(H,24,29)(H,25,26,27,30). The summed E-state index contributed by atoms with van der Waals surface area (Å²) >= 11 is 5.58. The van der Waals surface area contributed by atoms with Crippen molar-refractivity contribution in [3.63, 3.8) is 0 Å². The molecule has 0 radical (unpaired) electrons. The third kappa shape index (κ3) is 3.86. The Morgan fingerprint density at radius 3 is 2.63 bits per heavy atom. The van der Waals surface area contributed by atoms with E-state index >= 15 is 0 Å². The molecule has 11 heteroatoms. The third-order valence-electron chi connectivity index (χ3n) is 4.43. The summed E-state index contributed by atoms with van der Waals surface area (Å²) in [7, 11) is 0. The maximum absolute atomic E-state index is 13.0. The number of nitrogens with zero attached hydrogens (tertiary/aromatic N) is 3. The number of alkyl halides is 3. The van der Waals surface area contributed by atoms with Crippen LogP contribution in [0.4, 0.5) is 24.8 Å². The molecule has 30 heavy (non-hydrogen) atoms. The van der Waals surface area contributed by atoms with Crippen LogP contribution in [0.1, 0.15) is 18.0 Å². The van der Waals surface area contributed by atoms with Crippen LogP contribution in [-0.2, 0) is 15.8 Å². The normalized spacial score (nSPS) is 15.6. The first-order valence-electron chi connectivity index (χ1n) is 8.72. The van der Waals surface area contributed by atoms with Gasteiger partial charge in [-0.3, -0.25) is 14.9 Å². The Hall–Kier alpha value is -3.40. The number of amides is 2. The Labute approximate surface area is 172 Å². The van der Waals surface area contributed by atoms with Gasteiger partial charge in [-0.15, -0.1) is 5.10 Å². The molecule has 1 aromatic heterocycles. The van der Waals surface area contributed by atoms with E-state index in [2.05, 4.69) is 20.7 Å². The minimum Gasteiger partial charge on any atom is -0.326 e. The Bertz CT molecular complexity index is 1130. The number of hydrogen-bond donors (Lipinski definition) is 2. The predicted octanol–water partition coefficient (Wildman–Crippen LogP) is 4.14. The van der Waals surface area contributed by atoms with Gasteiger partial charge in [0.05, 0.1) is 17.0 Å². The fraction of sp³-hybridized carbons (Fsp3) is 0.158. The van der Waals surface area contributed by atoms with Crippen molar-refractivity contribution in [1.29, 1.82) is 0 Å². The van der Waals surface area contributed by atoms with E-state index in [0.717, 1.165) is 17.7 Å². The van der Waals surface area contributed by atoms with Crippen LogP contribution in [0.5, 0.6) is 0 Å².